The Labute approximate surface area is 132 Å². The first-order chi connectivity index (χ1) is 10.2. The van der Waals surface area contributed by atoms with Crippen LogP contribution in [0.25, 0.3) is 10.2 Å². The van der Waals surface area contributed by atoms with Crippen molar-refractivity contribution in [2.45, 2.75) is 19.4 Å². The van der Waals surface area contributed by atoms with Crippen LogP contribution in [0.15, 0.2) is 42.5 Å². The summed E-state index contributed by atoms with van der Waals surface area (Å²) in [6.07, 6.45) is 0.747. The van der Waals surface area contributed by atoms with E-state index >= 15 is 0 Å². The summed E-state index contributed by atoms with van der Waals surface area (Å²) in [5.74, 6) is 5.75. The molecule has 0 aliphatic heterocycles. The van der Waals surface area contributed by atoms with E-state index in [0.717, 1.165) is 33.1 Å². The molecule has 1 aromatic heterocycles. The second-order valence-corrected chi connectivity index (χ2v) is 6.48. The number of nitrogens with zero attached hydrogens (tertiary/aromatic N) is 1. The number of hydrazine groups is 1. The lowest BCUT2D eigenvalue weighted by Gasteiger charge is -2.18. The molecule has 0 spiro atoms. The fourth-order valence-corrected chi connectivity index (χ4v) is 3.64. The molecule has 0 aliphatic carbocycles. The van der Waals surface area contributed by atoms with Gasteiger partial charge in [0.25, 0.3) is 0 Å². The van der Waals surface area contributed by atoms with Gasteiger partial charge in [0.15, 0.2) is 0 Å². The third kappa shape index (κ3) is 2.94. The molecule has 1 atom stereocenters. The average Bonchev–Trinajstić information content (AvgIpc) is 2.90. The van der Waals surface area contributed by atoms with E-state index in [-0.39, 0.29) is 6.04 Å². The smallest absolute Gasteiger partial charge is 0.0958 e. The van der Waals surface area contributed by atoms with Crippen molar-refractivity contribution in [3.8, 4) is 0 Å². The zero-order chi connectivity index (χ0) is 14.8. The topological polar surface area (TPSA) is 50.9 Å². The Morgan fingerprint density at radius 2 is 2.05 bits per heavy atom. The van der Waals surface area contributed by atoms with Crippen molar-refractivity contribution >= 4 is 33.2 Å². The molecule has 3 N–H and O–H groups in total. The summed E-state index contributed by atoms with van der Waals surface area (Å²) in [6.45, 7) is 2.01. The number of aromatic nitrogens is 1. The van der Waals surface area contributed by atoms with Gasteiger partial charge in [0, 0.05) is 11.4 Å². The molecule has 108 valence electrons. The van der Waals surface area contributed by atoms with Crippen LogP contribution in [0, 0.1) is 6.92 Å². The molecule has 2 aromatic carbocycles. The second kappa shape index (κ2) is 6.12. The van der Waals surface area contributed by atoms with Crippen LogP contribution < -0.4 is 11.3 Å². The second-order valence-electron chi connectivity index (χ2n) is 4.95. The van der Waals surface area contributed by atoms with Gasteiger partial charge in [0.2, 0.25) is 0 Å². The van der Waals surface area contributed by atoms with Crippen molar-refractivity contribution in [3.05, 3.63) is 63.6 Å². The summed E-state index contributed by atoms with van der Waals surface area (Å²) in [5.41, 5.74) is 6.10. The Kier molecular flexibility index (Phi) is 4.22. The van der Waals surface area contributed by atoms with E-state index in [1.54, 1.807) is 11.3 Å². The van der Waals surface area contributed by atoms with Crippen molar-refractivity contribution in [2.24, 2.45) is 5.84 Å². The van der Waals surface area contributed by atoms with Crippen LogP contribution in [0.4, 0.5) is 0 Å². The Bertz CT molecular complexity index is 736. The van der Waals surface area contributed by atoms with Crippen molar-refractivity contribution in [2.75, 3.05) is 0 Å². The van der Waals surface area contributed by atoms with Crippen LogP contribution in [0.3, 0.4) is 0 Å². The molecule has 0 amide bonds. The lowest BCUT2D eigenvalue weighted by molar-refractivity contribution is 0.548. The van der Waals surface area contributed by atoms with Gasteiger partial charge in [-0.1, -0.05) is 35.9 Å². The van der Waals surface area contributed by atoms with Crippen molar-refractivity contribution in [1.82, 2.24) is 10.4 Å². The highest BCUT2D eigenvalue weighted by Crippen LogP contribution is 2.29. The molecule has 3 nitrogen and oxygen atoms in total. The number of thiazole rings is 1. The Balaban J connectivity index is 1.92. The van der Waals surface area contributed by atoms with E-state index in [9.17, 15) is 0 Å². The predicted molar refractivity (Wildman–Crippen MR) is 89.6 cm³/mol. The summed E-state index contributed by atoms with van der Waals surface area (Å²) in [5, 5.41) is 1.83. The van der Waals surface area contributed by atoms with Gasteiger partial charge in [-0.3, -0.25) is 11.3 Å². The summed E-state index contributed by atoms with van der Waals surface area (Å²) < 4.78 is 1.20. The third-order valence-corrected chi connectivity index (χ3v) is 5.07. The fraction of sp³-hybridized carbons (Fsp3) is 0.188. The molecule has 0 aliphatic rings. The van der Waals surface area contributed by atoms with Crippen LogP contribution in [-0.2, 0) is 6.42 Å². The maximum atomic E-state index is 6.20. The average molecular weight is 318 g/mol. The first kappa shape index (κ1) is 14.5. The molecule has 3 rings (SSSR count). The molecule has 1 unspecified atom stereocenters. The number of hydrogen-bond donors (Lipinski definition) is 2. The number of rotatable bonds is 4. The molecule has 0 fully saturated rings. The number of nitrogens with one attached hydrogen (secondary N) is 1. The molecule has 0 bridgehead atoms. The summed E-state index contributed by atoms with van der Waals surface area (Å²) in [7, 11) is 0. The van der Waals surface area contributed by atoms with Gasteiger partial charge in [-0.2, -0.15) is 0 Å². The van der Waals surface area contributed by atoms with Crippen LogP contribution in [-0.4, -0.2) is 4.98 Å². The van der Waals surface area contributed by atoms with Crippen molar-refractivity contribution in [3.63, 3.8) is 0 Å². The van der Waals surface area contributed by atoms with E-state index in [1.165, 1.54) is 4.70 Å². The number of halogens is 1. The largest absolute Gasteiger partial charge is 0.271 e. The van der Waals surface area contributed by atoms with Crippen LogP contribution in [0.1, 0.15) is 22.2 Å². The molecular formula is C16H16ClN3S. The fourth-order valence-electron chi connectivity index (χ4n) is 2.44. The summed E-state index contributed by atoms with van der Waals surface area (Å²) in [6, 6.07) is 14.1. The van der Waals surface area contributed by atoms with Gasteiger partial charge in [-0.25, -0.2) is 4.98 Å². The Hall–Kier alpha value is -1.46. The van der Waals surface area contributed by atoms with Crippen LogP contribution in [0.2, 0.25) is 5.02 Å². The minimum absolute atomic E-state index is 0.00395. The monoisotopic (exact) mass is 317 g/mol. The number of benzene rings is 2. The highest BCUT2D eigenvalue weighted by Gasteiger charge is 2.16. The zero-order valence-electron chi connectivity index (χ0n) is 11.6. The number of para-hydroxylation sites is 1. The molecule has 21 heavy (non-hydrogen) atoms. The quantitative estimate of drug-likeness (QED) is 0.565. The standard InChI is InChI=1S/C16H16ClN3S/c1-10-11(5-4-6-12(10)17)14(20-18)9-16-19-13-7-2-3-8-15(13)21-16/h2-8,14,20H,9,18H2,1H3. The molecule has 3 aromatic rings. The Morgan fingerprint density at radius 3 is 2.81 bits per heavy atom. The van der Waals surface area contributed by atoms with Gasteiger partial charge in [0.1, 0.15) is 0 Å². The minimum atomic E-state index is 0.00395. The zero-order valence-corrected chi connectivity index (χ0v) is 13.2. The molecule has 0 radical (unpaired) electrons. The summed E-state index contributed by atoms with van der Waals surface area (Å²) in [4.78, 5) is 4.67. The normalized spacial score (nSPS) is 12.7. The maximum Gasteiger partial charge on any atom is 0.0958 e. The molecule has 0 saturated carbocycles. The highest BCUT2D eigenvalue weighted by atomic mass is 35.5. The van der Waals surface area contributed by atoms with Crippen molar-refractivity contribution in [1.29, 1.82) is 0 Å². The predicted octanol–water partition coefficient (Wildman–Crippen LogP) is 4.01. The summed E-state index contributed by atoms with van der Waals surface area (Å²) >= 11 is 7.91. The van der Waals surface area contributed by atoms with E-state index < -0.39 is 0 Å². The van der Waals surface area contributed by atoms with E-state index in [1.807, 2.05) is 37.3 Å². The lowest BCUT2D eigenvalue weighted by atomic mass is 9.99. The molecular weight excluding hydrogens is 302 g/mol. The van der Waals surface area contributed by atoms with Gasteiger partial charge in [0.05, 0.1) is 21.3 Å². The minimum Gasteiger partial charge on any atom is -0.271 e. The van der Waals surface area contributed by atoms with Gasteiger partial charge >= 0.3 is 0 Å². The third-order valence-electron chi connectivity index (χ3n) is 3.60. The first-order valence-electron chi connectivity index (χ1n) is 6.74. The Morgan fingerprint density at radius 1 is 1.24 bits per heavy atom. The molecule has 1 heterocycles. The van der Waals surface area contributed by atoms with Gasteiger partial charge in [-0.05, 0) is 36.2 Å². The molecule has 5 heteroatoms. The van der Waals surface area contributed by atoms with Crippen LogP contribution >= 0.6 is 22.9 Å². The van der Waals surface area contributed by atoms with Crippen LogP contribution in [0.5, 0.6) is 0 Å². The van der Waals surface area contributed by atoms with Gasteiger partial charge in [-0.15, -0.1) is 11.3 Å². The first-order valence-corrected chi connectivity index (χ1v) is 7.94. The maximum absolute atomic E-state index is 6.20. The van der Waals surface area contributed by atoms with E-state index in [4.69, 9.17) is 17.4 Å². The van der Waals surface area contributed by atoms with E-state index in [2.05, 4.69) is 22.5 Å². The number of hydrogen-bond acceptors (Lipinski definition) is 4. The van der Waals surface area contributed by atoms with Crippen molar-refractivity contribution < 1.29 is 0 Å². The van der Waals surface area contributed by atoms with E-state index in [0.29, 0.717) is 0 Å². The van der Waals surface area contributed by atoms with Gasteiger partial charge < -0.3 is 0 Å². The number of nitrogens with two attached hydrogens (primary N) is 1. The lowest BCUT2D eigenvalue weighted by Crippen LogP contribution is -2.30. The SMILES string of the molecule is Cc1c(Cl)cccc1C(Cc1nc2ccccc2s1)NN. The number of fused-ring (bicyclic) bond motifs is 1. The molecule has 0 saturated heterocycles. The highest BCUT2D eigenvalue weighted by molar-refractivity contribution is 7.18.